The van der Waals surface area contributed by atoms with Crippen LogP contribution in [-0.4, -0.2) is 37.4 Å². The second-order valence-electron chi connectivity index (χ2n) is 4.87. The molecule has 1 aromatic rings. The number of carbonyl (C=O) groups excluding carboxylic acids is 2. The van der Waals surface area contributed by atoms with E-state index in [4.69, 9.17) is 10.3 Å². The van der Waals surface area contributed by atoms with Crippen molar-refractivity contribution in [1.82, 2.24) is 15.6 Å². The Morgan fingerprint density at radius 2 is 2.15 bits per heavy atom. The topological polar surface area (TPSA) is 101 Å². The van der Waals surface area contributed by atoms with Gasteiger partial charge in [-0.25, -0.2) is 5.84 Å². The average Bonchev–Trinajstić information content (AvgIpc) is 2.77. The van der Waals surface area contributed by atoms with Gasteiger partial charge in [0.15, 0.2) is 0 Å². The molecule has 0 radical (unpaired) electrons. The van der Waals surface area contributed by atoms with Crippen molar-refractivity contribution in [3.8, 4) is 0 Å². The Kier molecular flexibility index (Phi) is 5.72. The number of nitrogens with zero attached hydrogens (tertiary/aromatic N) is 1. The summed E-state index contributed by atoms with van der Waals surface area (Å²) < 4.78 is 5.52. The predicted octanol–water partition coefficient (Wildman–Crippen LogP) is 0.00542. The number of hydrogen-bond donors (Lipinski definition) is 3. The Morgan fingerprint density at radius 1 is 1.50 bits per heavy atom. The Balaban J connectivity index is 2.65. The number of amides is 2. The Morgan fingerprint density at radius 3 is 2.70 bits per heavy atom. The number of nitrogens with one attached hydrogen (secondary N) is 2. The molecule has 1 heterocycles. The van der Waals surface area contributed by atoms with Gasteiger partial charge in [-0.15, -0.1) is 0 Å². The molecule has 7 nitrogen and oxygen atoms in total. The summed E-state index contributed by atoms with van der Waals surface area (Å²) in [5.74, 6) is 5.79. The number of aryl methyl sites for hydroxylation is 1. The number of hydrogen-bond acceptors (Lipinski definition) is 5. The third-order valence-corrected chi connectivity index (χ3v) is 3.05. The Bertz CT molecular complexity index is 484. The average molecular weight is 282 g/mol. The first kappa shape index (κ1) is 16.2. The van der Waals surface area contributed by atoms with Gasteiger partial charge < -0.3 is 9.73 Å². The van der Waals surface area contributed by atoms with E-state index in [9.17, 15) is 9.59 Å². The third-order valence-electron chi connectivity index (χ3n) is 3.05. The maximum Gasteiger partial charge on any atom is 0.268 e. The van der Waals surface area contributed by atoms with Crippen LogP contribution >= 0.6 is 0 Å². The van der Waals surface area contributed by atoms with E-state index in [-0.39, 0.29) is 17.7 Å². The molecule has 0 fully saturated rings. The van der Waals surface area contributed by atoms with Gasteiger partial charge in [0.1, 0.15) is 11.5 Å². The summed E-state index contributed by atoms with van der Waals surface area (Å²) in [7, 11) is 3.51. The molecule has 112 valence electrons. The van der Waals surface area contributed by atoms with E-state index in [1.54, 1.807) is 20.0 Å². The fraction of sp³-hybridized carbons (Fsp3) is 0.538. The summed E-state index contributed by atoms with van der Waals surface area (Å²) in [6.45, 7) is 4.68. The predicted molar refractivity (Wildman–Crippen MR) is 74.7 cm³/mol. The van der Waals surface area contributed by atoms with Crippen LogP contribution in [-0.2, 0) is 11.3 Å². The quantitative estimate of drug-likeness (QED) is 0.387. The van der Waals surface area contributed by atoms with Crippen LogP contribution in [0.15, 0.2) is 10.5 Å². The summed E-state index contributed by atoms with van der Waals surface area (Å²) in [5.41, 5.74) is 2.50. The highest BCUT2D eigenvalue weighted by Gasteiger charge is 2.17. The van der Waals surface area contributed by atoms with E-state index < -0.39 is 0 Å². The lowest BCUT2D eigenvalue weighted by Crippen LogP contribution is -2.34. The van der Waals surface area contributed by atoms with Crippen molar-refractivity contribution in [1.29, 1.82) is 0 Å². The summed E-state index contributed by atoms with van der Waals surface area (Å²) in [5, 5.41) is 2.61. The number of nitrogen functional groups attached to an aromatic ring is 1. The molecule has 0 saturated carbocycles. The Hall–Kier alpha value is -1.86. The first-order chi connectivity index (χ1) is 9.38. The minimum absolute atomic E-state index is 0.00401. The minimum atomic E-state index is -0.376. The summed E-state index contributed by atoms with van der Waals surface area (Å²) >= 11 is 0. The van der Waals surface area contributed by atoms with E-state index in [0.29, 0.717) is 30.2 Å². The van der Waals surface area contributed by atoms with Gasteiger partial charge in [0, 0.05) is 19.5 Å². The zero-order valence-corrected chi connectivity index (χ0v) is 12.3. The normalized spacial score (nSPS) is 12.3. The second-order valence-corrected chi connectivity index (χ2v) is 4.87. The molecule has 1 aromatic heterocycles. The smallest absolute Gasteiger partial charge is 0.268 e. The van der Waals surface area contributed by atoms with Crippen molar-refractivity contribution in [2.45, 2.75) is 20.4 Å². The van der Waals surface area contributed by atoms with Gasteiger partial charge in [0.2, 0.25) is 5.91 Å². The highest BCUT2D eigenvalue weighted by molar-refractivity contribution is 5.94. The largest absolute Gasteiger partial charge is 0.464 e. The molecule has 0 bridgehead atoms. The zero-order valence-electron chi connectivity index (χ0n) is 12.3. The van der Waals surface area contributed by atoms with Crippen molar-refractivity contribution >= 4 is 11.8 Å². The zero-order chi connectivity index (χ0) is 15.3. The number of furan rings is 1. The van der Waals surface area contributed by atoms with Gasteiger partial charge in [-0.1, -0.05) is 6.92 Å². The monoisotopic (exact) mass is 282 g/mol. The lowest BCUT2D eigenvalue weighted by Gasteiger charge is -2.19. The van der Waals surface area contributed by atoms with Gasteiger partial charge in [-0.2, -0.15) is 0 Å². The fourth-order valence-electron chi connectivity index (χ4n) is 2.05. The van der Waals surface area contributed by atoms with Crippen LogP contribution in [0.25, 0.3) is 0 Å². The van der Waals surface area contributed by atoms with Gasteiger partial charge in [0.05, 0.1) is 12.1 Å². The Labute approximate surface area is 118 Å². The molecular weight excluding hydrogens is 260 g/mol. The highest BCUT2D eigenvalue weighted by atomic mass is 16.3. The van der Waals surface area contributed by atoms with Crippen molar-refractivity contribution < 1.29 is 14.0 Å². The van der Waals surface area contributed by atoms with Gasteiger partial charge in [-0.05, 0) is 20.0 Å². The molecule has 1 unspecified atom stereocenters. The molecule has 0 aliphatic heterocycles. The molecule has 4 N–H and O–H groups in total. The van der Waals surface area contributed by atoms with Crippen molar-refractivity contribution in [3.63, 3.8) is 0 Å². The number of nitrogens with two attached hydrogens (primary N) is 1. The van der Waals surface area contributed by atoms with Crippen LogP contribution in [0.4, 0.5) is 0 Å². The summed E-state index contributed by atoms with van der Waals surface area (Å²) in [6.07, 6.45) is 0. The maximum absolute atomic E-state index is 11.5. The molecule has 0 saturated heterocycles. The van der Waals surface area contributed by atoms with E-state index in [2.05, 4.69) is 10.7 Å². The van der Waals surface area contributed by atoms with Crippen molar-refractivity contribution in [2.24, 2.45) is 11.8 Å². The molecular formula is C13H22N4O3. The van der Waals surface area contributed by atoms with Crippen LogP contribution in [0.5, 0.6) is 0 Å². The van der Waals surface area contributed by atoms with Gasteiger partial charge in [-0.3, -0.25) is 19.9 Å². The standard InChI is InChI=1S/C13H22N4O3/c1-8(12(18)15-3)6-17(4)7-10-5-11(9(2)20-10)13(19)16-14/h5,8H,6-7,14H2,1-4H3,(H,15,18)(H,16,19). The molecule has 20 heavy (non-hydrogen) atoms. The van der Waals surface area contributed by atoms with Crippen LogP contribution in [0.3, 0.4) is 0 Å². The number of hydrazine groups is 1. The van der Waals surface area contributed by atoms with Crippen LogP contribution in [0.1, 0.15) is 28.8 Å². The van der Waals surface area contributed by atoms with Crippen LogP contribution in [0.2, 0.25) is 0 Å². The maximum atomic E-state index is 11.5. The lowest BCUT2D eigenvalue weighted by atomic mass is 10.1. The number of carbonyl (C=O) groups is 2. The second kappa shape index (κ2) is 7.06. The fourth-order valence-corrected chi connectivity index (χ4v) is 2.05. The summed E-state index contributed by atoms with van der Waals surface area (Å²) in [4.78, 5) is 24.9. The summed E-state index contributed by atoms with van der Waals surface area (Å²) in [6, 6.07) is 1.67. The molecule has 7 heteroatoms. The highest BCUT2D eigenvalue weighted by Crippen LogP contribution is 2.16. The van der Waals surface area contributed by atoms with Crippen LogP contribution < -0.4 is 16.6 Å². The van der Waals surface area contributed by atoms with Crippen molar-refractivity contribution in [3.05, 3.63) is 23.2 Å². The van der Waals surface area contributed by atoms with Crippen molar-refractivity contribution in [2.75, 3.05) is 20.6 Å². The molecule has 1 atom stereocenters. The van der Waals surface area contributed by atoms with E-state index in [0.717, 1.165) is 0 Å². The number of rotatable bonds is 6. The minimum Gasteiger partial charge on any atom is -0.464 e. The van der Waals surface area contributed by atoms with E-state index in [1.807, 2.05) is 18.9 Å². The first-order valence-corrected chi connectivity index (χ1v) is 6.39. The lowest BCUT2D eigenvalue weighted by molar-refractivity contribution is -0.124. The molecule has 0 spiro atoms. The van der Waals surface area contributed by atoms with Crippen LogP contribution in [0, 0.1) is 12.8 Å². The first-order valence-electron chi connectivity index (χ1n) is 6.39. The van der Waals surface area contributed by atoms with E-state index in [1.165, 1.54) is 0 Å². The molecule has 0 aromatic carbocycles. The van der Waals surface area contributed by atoms with Gasteiger partial charge in [0.25, 0.3) is 5.91 Å². The molecule has 0 aliphatic rings. The van der Waals surface area contributed by atoms with E-state index >= 15 is 0 Å². The van der Waals surface area contributed by atoms with Gasteiger partial charge >= 0.3 is 0 Å². The molecule has 1 rings (SSSR count). The third kappa shape index (κ3) is 4.07. The molecule has 0 aliphatic carbocycles. The molecule has 2 amide bonds. The SMILES string of the molecule is CNC(=O)C(C)CN(C)Cc1cc(C(=O)NN)c(C)o1.